The molecule has 4 heteroatoms. The van der Waals surface area contributed by atoms with Gasteiger partial charge in [-0.3, -0.25) is 0 Å². The fourth-order valence-corrected chi connectivity index (χ4v) is 1.23. The SMILES string of the molecule is OCCNc1ncccc1I. The van der Waals surface area contributed by atoms with Gasteiger partial charge in [0, 0.05) is 12.7 Å². The molecule has 1 aromatic heterocycles. The van der Waals surface area contributed by atoms with Gasteiger partial charge in [0.2, 0.25) is 0 Å². The molecule has 1 aromatic rings. The highest BCUT2D eigenvalue weighted by Crippen LogP contribution is 2.12. The zero-order valence-corrected chi connectivity index (χ0v) is 8.08. The molecule has 0 atom stereocenters. The van der Waals surface area contributed by atoms with Gasteiger partial charge in [-0.05, 0) is 34.7 Å². The average Bonchev–Trinajstić information content (AvgIpc) is 2.03. The zero-order valence-electron chi connectivity index (χ0n) is 5.92. The molecular weight excluding hydrogens is 255 g/mol. The molecule has 0 aliphatic rings. The molecule has 0 fully saturated rings. The highest BCUT2D eigenvalue weighted by atomic mass is 127. The maximum absolute atomic E-state index is 8.53. The third-order valence-corrected chi connectivity index (χ3v) is 2.03. The van der Waals surface area contributed by atoms with Crippen molar-refractivity contribution >= 4 is 28.4 Å². The van der Waals surface area contributed by atoms with E-state index in [0.29, 0.717) is 6.54 Å². The van der Waals surface area contributed by atoms with E-state index in [9.17, 15) is 0 Å². The van der Waals surface area contributed by atoms with Crippen LogP contribution in [0.3, 0.4) is 0 Å². The Hall–Kier alpha value is -0.360. The molecule has 0 unspecified atom stereocenters. The van der Waals surface area contributed by atoms with Gasteiger partial charge in [0.05, 0.1) is 10.2 Å². The summed E-state index contributed by atoms with van der Waals surface area (Å²) in [6.45, 7) is 0.680. The smallest absolute Gasteiger partial charge is 0.139 e. The molecule has 0 aliphatic carbocycles. The molecule has 0 aliphatic heterocycles. The molecule has 0 spiro atoms. The Labute approximate surface area is 79.0 Å². The number of rotatable bonds is 3. The van der Waals surface area contributed by atoms with Gasteiger partial charge in [0.25, 0.3) is 0 Å². The van der Waals surface area contributed by atoms with E-state index in [1.807, 2.05) is 12.1 Å². The first kappa shape index (κ1) is 8.73. The second-order valence-corrected chi connectivity index (χ2v) is 3.15. The monoisotopic (exact) mass is 264 g/mol. The van der Waals surface area contributed by atoms with Crippen LogP contribution < -0.4 is 5.32 Å². The van der Waals surface area contributed by atoms with Gasteiger partial charge in [-0.1, -0.05) is 0 Å². The standard InChI is InChI=1S/C7H9IN2O/c8-6-2-1-3-9-7(6)10-4-5-11/h1-3,11H,4-5H2,(H,9,10). The molecular formula is C7H9IN2O. The van der Waals surface area contributed by atoms with Crippen molar-refractivity contribution in [2.75, 3.05) is 18.5 Å². The Morgan fingerprint density at radius 2 is 2.45 bits per heavy atom. The van der Waals surface area contributed by atoms with Crippen LogP contribution in [0.15, 0.2) is 18.3 Å². The van der Waals surface area contributed by atoms with E-state index < -0.39 is 0 Å². The normalized spacial score (nSPS) is 9.64. The van der Waals surface area contributed by atoms with E-state index in [2.05, 4.69) is 32.9 Å². The van der Waals surface area contributed by atoms with Crippen molar-refractivity contribution < 1.29 is 5.11 Å². The zero-order chi connectivity index (χ0) is 8.10. The number of aliphatic hydroxyl groups is 1. The molecule has 1 heterocycles. The summed E-state index contributed by atoms with van der Waals surface area (Å²) in [6.07, 6.45) is 1.72. The Morgan fingerprint density at radius 3 is 3.09 bits per heavy atom. The molecule has 0 bridgehead atoms. The van der Waals surface area contributed by atoms with Crippen molar-refractivity contribution in [1.82, 2.24) is 4.98 Å². The van der Waals surface area contributed by atoms with Crippen molar-refractivity contribution in [3.8, 4) is 0 Å². The second-order valence-electron chi connectivity index (χ2n) is 1.98. The Balaban J connectivity index is 2.62. The van der Waals surface area contributed by atoms with Crippen LogP contribution in [-0.2, 0) is 0 Å². The van der Waals surface area contributed by atoms with E-state index in [0.717, 1.165) is 9.39 Å². The van der Waals surface area contributed by atoms with Crippen LogP contribution in [0.4, 0.5) is 5.82 Å². The third-order valence-electron chi connectivity index (χ3n) is 1.16. The minimum absolute atomic E-state index is 0.132. The molecule has 0 amide bonds. The van der Waals surface area contributed by atoms with Crippen molar-refractivity contribution in [2.24, 2.45) is 0 Å². The Bertz CT molecular complexity index is 229. The lowest BCUT2D eigenvalue weighted by Gasteiger charge is -2.03. The fourth-order valence-electron chi connectivity index (χ4n) is 0.690. The number of aliphatic hydroxyl groups excluding tert-OH is 1. The van der Waals surface area contributed by atoms with Crippen LogP contribution in [0.25, 0.3) is 0 Å². The van der Waals surface area contributed by atoms with Crippen LogP contribution in [0.5, 0.6) is 0 Å². The van der Waals surface area contributed by atoms with E-state index >= 15 is 0 Å². The van der Waals surface area contributed by atoms with Crippen LogP contribution >= 0.6 is 22.6 Å². The third kappa shape index (κ3) is 2.63. The lowest BCUT2D eigenvalue weighted by Crippen LogP contribution is -2.07. The van der Waals surface area contributed by atoms with Gasteiger partial charge in [-0.25, -0.2) is 4.98 Å². The number of hydrogen-bond donors (Lipinski definition) is 2. The molecule has 0 aromatic carbocycles. The molecule has 0 radical (unpaired) electrons. The van der Waals surface area contributed by atoms with Crippen molar-refractivity contribution in [3.63, 3.8) is 0 Å². The maximum atomic E-state index is 8.53. The number of hydrogen-bond acceptors (Lipinski definition) is 3. The summed E-state index contributed by atoms with van der Waals surface area (Å²) in [5, 5.41) is 11.5. The summed E-state index contributed by atoms with van der Waals surface area (Å²) in [4.78, 5) is 4.09. The number of nitrogens with one attached hydrogen (secondary N) is 1. The Morgan fingerprint density at radius 1 is 1.64 bits per heavy atom. The van der Waals surface area contributed by atoms with Crippen LogP contribution in [0, 0.1) is 3.57 Å². The Kier molecular flexibility index (Phi) is 3.58. The van der Waals surface area contributed by atoms with Gasteiger partial charge in [-0.15, -0.1) is 0 Å². The molecule has 11 heavy (non-hydrogen) atoms. The summed E-state index contributed by atoms with van der Waals surface area (Å²) in [5.41, 5.74) is 0. The van der Waals surface area contributed by atoms with E-state index in [1.54, 1.807) is 6.20 Å². The number of pyridine rings is 1. The second kappa shape index (κ2) is 4.50. The highest BCUT2D eigenvalue weighted by Gasteiger charge is 1.95. The molecule has 0 saturated carbocycles. The number of anilines is 1. The van der Waals surface area contributed by atoms with E-state index in [4.69, 9.17) is 5.11 Å². The first-order valence-corrected chi connectivity index (χ1v) is 4.37. The van der Waals surface area contributed by atoms with Gasteiger partial charge < -0.3 is 10.4 Å². The van der Waals surface area contributed by atoms with Crippen LogP contribution in [0.2, 0.25) is 0 Å². The lowest BCUT2D eigenvalue weighted by molar-refractivity contribution is 0.311. The summed E-state index contributed by atoms with van der Waals surface area (Å²) >= 11 is 2.19. The summed E-state index contributed by atoms with van der Waals surface area (Å²) in [6, 6.07) is 3.85. The largest absolute Gasteiger partial charge is 0.395 e. The van der Waals surface area contributed by atoms with Gasteiger partial charge >= 0.3 is 0 Å². The first-order chi connectivity index (χ1) is 5.34. The summed E-state index contributed by atoms with van der Waals surface area (Å²) in [5.74, 6) is 0.835. The molecule has 0 saturated heterocycles. The van der Waals surface area contributed by atoms with Gasteiger partial charge in [-0.2, -0.15) is 0 Å². The lowest BCUT2D eigenvalue weighted by atomic mass is 10.4. The first-order valence-electron chi connectivity index (χ1n) is 3.30. The summed E-state index contributed by atoms with van der Waals surface area (Å²) < 4.78 is 1.07. The van der Waals surface area contributed by atoms with Crippen molar-refractivity contribution in [1.29, 1.82) is 0 Å². The van der Waals surface area contributed by atoms with Crippen LogP contribution in [0.1, 0.15) is 0 Å². The average molecular weight is 264 g/mol. The van der Waals surface area contributed by atoms with Gasteiger partial charge in [0.1, 0.15) is 5.82 Å². The molecule has 2 N–H and O–H groups in total. The number of halogens is 1. The number of aromatic nitrogens is 1. The predicted molar refractivity (Wildman–Crippen MR) is 52.5 cm³/mol. The minimum Gasteiger partial charge on any atom is -0.395 e. The van der Waals surface area contributed by atoms with Crippen LogP contribution in [-0.4, -0.2) is 23.2 Å². The van der Waals surface area contributed by atoms with E-state index in [-0.39, 0.29) is 6.61 Å². The van der Waals surface area contributed by atoms with Crippen molar-refractivity contribution in [3.05, 3.63) is 21.9 Å². The number of nitrogens with zero attached hydrogens (tertiary/aromatic N) is 1. The minimum atomic E-state index is 0.132. The summed E-state index contributed by atoms with van der Waals surface area (Å²) in [7, 11) is 0. The molecule has 1 rings (SSSR count). The fraction of sp³-hybridized carbons (Fsp3) is 0.286. The van der Waals surface area contributed by atoms with Crippen molar-refractivity contribution in [2.45, 2.75) is 0 Å². The van der Waals surface area contributed by atoms with Gasteiger partial charge in [0.15, 0.2) is 0 Å². The molecule has 60 valence electrons. The highest BCUT2D eigenvalue weighted by molar-refractivity contribution is 14.1. The topological polar surface area (TPSA) is 45.1 Å². The predicted octanol–water partition coefficient (Wildman–Crippen LogP) is 1.09. The quantitative estimate of drug-likeness (QED) is 0.803. The molecule has 3 nitrogen and oxygen atoms in total. The van der Waals surface area contributed by atoms with E-state index in [1.165, 1.54) is 0 Å². The maximum Gasteiger partial charge on any atom is 0.139 e.